The molecule has 7 nitrogen and oxygen atoms in total. The lowest BCUT2D eigenvalue weighted by Crippen LogP contribution is -2.12. The minimum atomic E-state index is -0.265. The van der Waals surface area contributed by atoms with Gasteiger partial charge in [0.25, 0.3) is 5.91 Å². The van der Waals surface area contributed by atoms with E-state index in [1.54, 1.807) is 37.2 Å². The van der Waals surface area contributed by atoms with E-state index < -0.39 is 0 Å². The summed E-state index contributed by atoms with van der Waals surface area (Å²) < 4.78 is 12.5. The minimum Gasteiger partial charge on any atom is -0.497 e. The number of rotatable bonds is 6. The molecule has 8 heteroatoms. The normalized spacial score (nSPS) is 10.8. The number of hydrogen-bond donors (Lipinski definition) is 1. The molecule has 0 bridgehead atoms. The fourth-order valence-corrected chi connectivity index (χ4v) is 3.41. The quantitative estimate of drug-likeness (QED) is 0.473. The third kappa shape index (κ3) is 4.32. The van der Waals surface area contributed by atoms with E-state index in [-0.39, 0.29) is 5.91 Å². The Labute approximate surface area is 184 Å². The van der Waals surface area contributed by atoms with Gasteiger partial charge in [0.1, 0.15) is 11.5 Å². The van der Waals surface area contributed by atoms with E-state index in [0.29, 0.717) is 34.2 Å². The Morgan fingerprint density at radius 2 is 1.94 bits per heavy atom. The summed E-state index contributed by atoms with van der Waals surface area (Å²) in [7, 11) is 3.23. The van der Waals surface area contributed by atoms with Crippen LogP contribution in [0.4, 0.5) is 5.69 Å². The first-order valence-electron chi connectivity index (χ1n) is 9.58. The summed E-state index contributed by atoms with van der Waals surface area (Å²) in [6.07, 6.45) is 3.23. The highest BCUT2D eigenvalue weighted by atomic mass is 35.5. The molecule has 1 N–H and O–H groups in total. The van der Waals surface area contributed by atoms with Crippen LogP contribution in [0.1, 0.15) is 21.5 Å². The van der Waals surface area contributed by atoms with Crippen molar-refractivity contribution in [3.63, 3.8) is 0 Å². The number of carbonyl (C=O) groups excluding carboxylic acids is 1. The molecule has 0 aliphatic carbocycles. The molecule has 2 heterocycles. The number of carbonyl (C=O) groups is 1. The first-order chi connectivity index (χ1) is 15.0. The molecule has 0 fully saturated rings. The number of nitrogens with one attached hydrogen (secondary N) is 1. The van der Waals surface area contributed by atoms with E-state index in [4.69, 9.17) is 21.1 Å². The molecule has 0 radical (unpaired) electrons. The summed E-state index contributed by atoms with van der Waals surface area (Å²) in [5.74, 6) is 1.16. The zero-order valence-electron chi connectivity index (χ0n) is 17.3. The van der Waals surface area contributed by atoms with Crippen molar-refractivity contribution in [2.24, 2.45) is 0 Å². The van der Waals surface area contributed by atoms with Crippen LogP contribution in [0.15, 0.2) is 54.9 Å². The van der Waals surface area contributed by atoms with E-state index >= 15 is 0 Å². The lowest BCUT2D eigenvalue weighted by atomic mass is 10.2. The topological polar surface area (TPSA) is 78.3 Å². The minimum absolute atomic E-state index is 0.265. The van der Waals surface area contributed by atoms with E-state index in [9.17, 15) is 4.79 Å². The Balaban J connectivity index is 1.57. The SMILES string of the molecule is COc1ccc(Cn2ncc3cc(C(=O)Nc4ccc(C)c(Cl)c4)cnc32)c(OC)c1. The van der Waals surface area contributed by atoms with Crippen LogP contribution < -0.4 is 14.8 Å². The standard InChI is InChI=1S/C23H21ClN4O3/c1-14-4-6-18(9-20(14)24)27-23(29)17-8-16-12-26-28(22(16)25-11-17)13-15-5-7-19(30-2)10-21(15)31-3/h4-12H,13H2,1-3H3,(H,27,29). The lowest BCUT2D eigenvalue weighted by molar-refractivity contribution is 0.102. The van der Waals surface area contributed by atoms with Gasteiger partial charge in [0.15, 0.2) is 5.65 Å². The summed E-state index contributed by atoms with van der Waals surface area (Å²) in [6.45, 7) is 2.38. The molecule has 0 spiro atoms. The van der Waals surface area contributed by atoms with Crippen molar-refractivity contribution in [3.05, 3.63) is 76.6 Å². The average Bonchev–Trinajstić information content (AvgIpc) is 3.18. The van der Waals surface area contributed by atoms with E-state index in [2.05, 4.69) is 15.4 Å². The third-order valence-corrected chi connectivity index (χ3v) is 5.39. The maximum Gasteiger partial charge on any atom is 0.257 e. The number of benzene rings is 2. The number of anilines is 1. The largest absolute Gasteiger partial charge is 0.497 e. The Kier molecular flexibility index (Phi) is 5.77. The summed E-state index contributed by atoms with van der Waals surface area (Å²) in [6, 6.07) is 12.8. The predicted octanol–water partition coefficient (Wildman–Crippen LogP) is 4.71. The number of halogens is 1. The maximum absolute atomic E-state index is 12.6. The molecule has 0 atom stereocenters. The molecule has 2 aromatic heterocycles. The maximum atomic E-state index is 12.6. The molecule has 31 heavy (non-hydrogen) atoms. The fourth-order valence-electron chi connectivity index (χ4n) is 3.23. The number of aryl methyl sites for hydroxylation is 1. The second-order valence-corrected chi connectivity index (χ2v) is 7.44. The van der Waals surface area contributed by atoms with Gasteiger partial charge >= 0.3 is 0 Å². The van der Waals surface area contributed by atoms with Crippen LogP contribution in [-0.2, 0) is 6.54 Å². The molecular weight excluding hydrogens is 416 g/mol. The Morgan fingerprint density at radius 3 is 2.68 bits per heavy atom. The van der Waals surface area contributed by atoms with Crippen molar-refractivity contribution >= 4 is 34.2 Å². The number of hydrogen-bond acceptors (Lipinski definition) is 5. The highest BCUT2D eigenvalue weighted by molar-refractivity contribution is 6.31. The Morgan fingerprint density at radius 1 is 1.10 bits per heavy atom. The van der Waals surface area contributed by atoms with Gasteiger partial charge in [-0.25, -0.2) is 9.67 Å². The molecule has 0 unspecified atom stereocenters. The molecule has 2 aromatic carbocycles. The van der Waals surface area contributed by atoms with Crippen molar-refractivity contribution in [2.75, 3.05) is 19.5 Å². The molecular formula is C23H21ClN4O3. The van der Waals surface area contributed by atoms with Gasteiger partial charge in [0, 0.05) is 33.9 Å². The van der Waals surface area contributed by atoms with Crippen LogP contribution in [0.3, 0.4) is 0 Å². The van der Waals surface area contributed by atoms with Gasteiger partial charge in [0.2, 0.25) is 0 Å². The first kappa shape index (κ1) is 20.7. The number of amides is 1. The van der Waals surface area contributed by atoms with E-state index in [1.807, 2.05) is 37.3 Å². The molecule has 0 aliphatic heterocycles. The zero-order chi connectivity index (χ0) is 22.0. The molecule has 158 valence electrons. The number of aromatic nitrogens is 3. The van der Waals surface area contributed by atoms with Crippen LogP contribution in [0, 0.1) is 6.92 Å². The molecule has 1 amide bonds. The van der Waals surface area contributed by atoms with Crippen LogP contribution in [0.25, 0.3) is 11.0 Å². The molecule has 4 aromatic rings. The summed E-state index contributed by atoms with van der Waals surface area (Å²) in [5.41, 5.74) is 3.62. The number of fused-ring (bicyclic) bond motifs is 1. The van der Waals surface area contributed by atoms with E-state index in [0.717, 1.165) is 22.3 Å². The summed E-state index contributed by atoms with van der Waals surface area (Å²) in [5, 5.41) is 8.64. The van der Waals surface area contributed by atoms with Crippen molar-refractivity contribution in [3.8, 4) is 11.5 Å². The van der Waals surface area contributed by atoms with Crippen molar-refractivity contribution in [1.29, 1.82) is 0 Å². The van der Waals surface area contributed by atoms with E-state index in [1.165, 1.54) is 6.20 Å². The van der Waals surface area contributed by atoms with Crippen LogP contribution >= 0.6 is 11.6 Å². The highest BCUT2D eigenvalue weighted by Crippen LogP contribution is 2.26. The average molecular weight is 437 g/mol. The number of ether oxygens (including phenoxy) is 2. The second kappa shape index (κ2) is 8.65. The summed E-state index contributed by atoms with van der Waals surface area (Å²) in [4.78, 5) is 17.1. The number of pyridine rings is 1. The zero-order valence-corrected chi connectivity index (χ0v) is 18.1. The van der Waals surface area contributed by atoms with Crippen molar-refractivity contribution in [1.82, 2.24) is 14.8 Å². The van der Waals surface area contributed by atoms with Gasteiger partial charge in [-0.2, -0.15) is 5.10 Å². The third-order valence-electron chi connectivity index (χ3n) is 4.98. The van der Waals surface area contributed by atoms with Crippen LogP contribution in [-0.4, -0.2) is 34.9 Å². The predicted molar refractivity (Wildman–Crippen MR) is 120 cm³/mol. The fraction of sp³-hybridized carbons (Fsp3) is 0.174. The van der Waals surface area contributed by atoms with Gasteiger partial charge in [0.05, 0.1) is 32.5 Å². The molecule has 0 saturated heterocycles. The molecule has 0 saturated carbocycles. The van der Waals surface area contributed by atoms with Crippen LogP contribution in [0.2, 0.25) is 5.02 Å². The monoisotopic (exact) mass is 436 g/mol. The highest BCUT2D eigenvalue weighted by Gasteiger charge is 2.13. The van der Waals surface area contributed by atoms with Gasteiger partial charge in [-0.15, -0.1) is 0 Å². The van der Waals surface area contributed by atoms with Gasteiger partial charge < -0.3 is 14.8 Å². The Bertz CT molecular complexity index is 1270. The number of nitrogens with zero attached hydrogens (tertiary/aromatic N) is 3. The second-order valence-electron chi connectivity index (χ2n) is 7.03. The van der Waals surface area contributed by atoms with Crippen LogP contribution in [0.5, 0.6) is 11.5 Å². The van der Waals surface area contributed by atoms with Gasteiger partial charge in [-0.05, 0) is 42.8 Å². The van der Waals surface area contributed by atoms with Gasteiger partial charge in [-0.1, -0.05) is 17.7 Å². The smallest absolute Gasteiger partial charge is 0.257 e. The lowest BCUT2D eigenvalue weighted by Gasteiger charge is -2.11. The Hall–Kier alpha value is -3.58. The summed E-state index contributed by atoms with van der Waals surface area (Å²) >= 11 is 6.14. The van der Waals surface area contributed by atoms with Gasteiger partial charge in [-0.3, -0.25) is 4.79 Å². The van der Waals surface area contributed by atoms with Crippen molar-refractivity contribution in [2.45, 2.75) is 13.5 Å². The molecule has 4 rings (SSSR count). The molecule has 0 aliphatic rings. The first-order valence-corrected chi connectivity index (χ1v) is 9.96. The number of methoxy groups -OCH3 is 2. The van der Waals surface area contributed by atoms with Crippen molar-refractivity contribution < 1.29 is 14.3 Å².